The molecule has 0 radical (unpaired) electrons. The predicted octanol–water partition coefficient (Wildman–Crippen LogP) is 3.08. The first-order valence-electron chi connectivity index (χ1n) is 8.59. The number of hydrogen-bond donors (Lipinski definition) is 0. The van der Waals surface area contributed by atoms with Crippen molar-refractivity contribution in [1.29, 1.82) is 0 Å². The maximum absolute atomic E-state index is 13.0. The first-order valence-corrected chi connectivity index (χ1v) is 11.3. The minimum atomic E-state index is -2.90. The number of rotatable bonds is 3. The van der Waals surface area contributed by atoms with Crippen LogP contribution in [0.25, 0.3) is 0 Å². The molecule has 0 spiro atoms. The lowest BCUT2D eigenvalue weighted by atomic mass is 9.91. The van der Waals surface area contributed by atoms with Gasteiger partial charge in [0.2, 0.25) is 0 Å². The van der Waals surface area contributed by atoms with Gasteiger partial charge in [-0.15, -0.1) is 11.8 Å². The molecule has 0 aromatic heterocycles. The van der Waals surface area contributed by atoms with E-state index in [1.54, 1.807) is 11.8 Å². The van der Waals surface area contributed by atoms with Crippen molar-refractivity contribution in [3.63, 3.8) is 0 Å². The van der Waals surface area contributed by atoms with Crippen LogP contribution in [0.2, 0.25) is 0 Å². The number of nitrogens with zero attached hydrogens (tertiary/aromatic N) is 1. The summed E-state index contributed by atoms with van der Waals surface area (Å²) in [5, 5.41) is 0.0585. The summed E-state index contributed by atoms with van der Waals surface area (Å²) in [4.78, 5) is 15.9. The Morgan fingerprint density at radius 2 is 1.83 bits per heavy atom. The molecule has 2 aliphatic heterocycles. The standard InChI is InChI=1S/C18H25NO3S2/c1-13-9-14(2)11-19(10-13)18(20)16-5-3-4-6-17(16)23-15-7-8-24(21,22)12-15/h3-6,13-15H,7-12H2,1-2H3/t13-,14+,15-/m0/s1. The molecule has 24 heavy (non-hydrogen) atoms. The summed E-state index contributed by atoms with van der Waals surface area (Å²) in [7, 11) is -2.90. The van der Waals surface area contributed by atoms with Crippen LogP contribution in [-0.2, 0) is 9.84 Å². The molecular formula is C18H25NO3S2. The van der Waals surface area contributed by atoms with Crippen LogP contribution in [-0.4, -0.2) is 49.1 Å². The SMILES string of the molecule is C[C@@H]1C[C@H](C)CN(C(=O)c2ccccc2S[C@H]2CCS(=O)(=O)C2)C1. The third kappa shape index (κ3) is 4.14. The number of carbonyl (C=O) groups excluding carboxylic acids is 1. The van der Waals surface area contributed by atoms with Crippen LogP contribution < -0.4 is 0 Å². The third-order valence-electron chi connectivity index (χ3n) is 4.76. The first kappa shape index (κ1) is 17.8. The fourth-order valence-corrected chi connectivity index (χ4v) is 7.40. The van der Waals surface area contributed by atoms with Gasteiger partial charge in [0.25, 0.3) is 5.91 Å². The average molecular weight is 368 g/mol. The van der Waals surface area contributed by atoms with Crippen LogP contribution >= 0.6 is 11.8 Å². The Kier molecular flexibility index (Phi) is 5.25. The highest BCUT2D eigenvalue weighted by Gasteiger charge is 2.31. The number of sulfone groups is 1. The fourth-order valence-electron chi connectivity index (χ4n) is 3.78. The number of benzene rings is 1. The molecule has 0 unspecified atom stereocenters. The zero-order valence-corrected chi connectivity index (χ0v) is 15.9. The van der Waals surface area contributed by atoms with Crippen molar-refractivity contribution in [3.8, 4) is 0 Å². The molecule has 2 fully saturated rings. The van der Waals surface area contributed by atoms with Crippen molar-refractivity contribution in [1.82, 2.24) is 4.90 Å². The second-order valence-electron chi connectivity index (χ2n) is 7.30. The number of thioether (sulfide) groups is 1. The molecule has 132 valence electrons. The zero-order valence-electron chi connectivity index (χ0n) is 14.3. The van der Waals surface area contributed by atoms with Crippen LogP contribution in [0.15, 0.2) is 29.2 Å². The lowest BCUT2D eigenvalue weighted by molar-refractivity contribution is 0.0619. The van der Waals surface area contributed by atoms with E-state index in [0.29, 0.717) is 23.8 Å². The quantitative estimate of drug-likeness (QED) is 0.824. The average Bonchev–Trinajstić information content (AvgIpc) is 2.85. The Morgan fingerprint density at radius 1 is 1.17 bits per heavy atom. The molecule has 2 heterocycles. The maximum atomic E-state index is 13.0. The van der Waals surface area contributed by atoms with Gasteiger partial charge in [-0.1, -0.05) is 26.0 Å². The predicted molar refractivity (Wildman–Crippen MR) is 98.2 cm³/mol. The van der Waals surface area contributed by atoms with Crippen molar-refractivity contribution >= 4 is 27.5 Å². The van der Waals surface area contributed by atoms with Crippen LogP contribution in [0.4, 0.5) is 0 Å². The van der Waals surface area contributed by atoms with Crippen LogP contribution in [0.5, 0.6) is 0 Å². The second kappa shape index (κ2) is 7.08. The molecule has 1 aromatic carbocycles. The van der Waals surface area contributed by atoms with Crippen molar-refractivity contribution in [2.45, 2.75) is 36.8 Å². The van der Waals surface area contributed by atoms with Crippen LogP contribution in [0.1, 0.15) is 37.0 Å². The zero-order chi connectivity index (χ0) is 17.3. The van der Waals surface area contributed by atoms with Crippen LogP contribution in [0.3, 0.4) is 0 Å². The lowest BCUT2D eigenvalue weighted by Crippen LogP contribution is -2.42. The van der Waals surface area contributed by atoms with E-state index in [9.17, 15) is 13.2 Å². The van der Waals surface area contributed by atoms with Crippen LogP contribution in [0, 0.1) is 11.8 Å². The third-order valence-corrected chi connectivity index (χ3v) is 8.08. The van der Waals surface area contributed by atoms with Gasteiger partial charge in [0.05, 0.1) is 17.1 Å². The first-order chi connectivity index (χ1) is 11.3. The van der Waals surface area contributed by atoms with Crippen molar-refractivity contribution in [3.05, 3.63) is 29.8 Å². The molecule has 3 atom stereocenters. The number of amides is 1. The molecule has 4 nitrogen and oxygen atoms in total. The Hall–Kier alpha value is -1.01. The molecule has 6 heteroatoms. The summed E-state index contributed by atoms with van der Waals surface area (Å²) < 4.78 is 23.4. The Labute approximate surface area is 148 Å². The fraction of sp³-hybridized carbons (Fsp3) is 0.611. The summed E-state index contributed by atoms with van der Waals surface area (Å²) in [6.45, 7) is 6.00. The molecule has 0 saturated carbocycles. The maximum Gasteiger partial charge on any atom is 0.255 e. The summed E-state index contributed by atoms with van der Waals surface area (Å²) in [5.74, 6) is 1.62. The highest BCUT2D eigenvalue weighted by Crippen LogP contribution is 2.34. The largest absolute Gasteiger partial charge is 0.338 e. The number of piperidine rings is 1. The van der Waals surface area contributed by atoms with E-state index in [4.69, 9.17) is 0 Å². The highest BCUT2D eigenvalue weighted by atomic mass is 32.2. The van der Waals surface area contributed by atoms with E-state index < -0.39 is 9.84 Å². The molecule has 3 rings (SSSR count). The van der Waals surface area contributed by atoms with Gasteiger partial charge < -0.3 is 4.90 Å². The van der Waals surface area contributed by atoms with E-state index >= 15 is 0 Å². The summed E-state index contributed by atoms with van der Waals surface area (Å²) >= 11 is 1.55. The molecule has 0 bridgehead atoms. The van der Waals surface area contributed by atoms with Crippen molar-refractivity contribution in [2.24, 2.45) is 11.8 Å². The Balaban J connectivity index is 1.77. The van der Waals surface area contributed by atoms with E-state index in [0.717, 1.165) is 18.0 Å². The Morgan fingerprint density at radius 3 is 2.46 bits per heavy atom. The monoisotopic (exact) mass is 367 g/mol. The van der Waals surface area contributed by atoms with Gasteiger partial charge in [-0.2, -0.15) is 0 Å². The van der Waals surface area contributed by atoms with Gasteiger partial charge in [0.15, 0.2) is 9.84 Å². The molecule has 0 N–H and O–H groups in total. The minimum absolute atomic E-state index is 0.0585. The number of likely N-dealkylation sites (tertiary alicyclic amines) is 1. The van der Waals surface area contributed by atoms with E-state index in [1.165, 1.54) is 6.42 Å². The Bertz CT molecular complexity index is 707. The van der Waals surface area contributed by atoms with Gasteiger partial charge in [-0.05, 0) is 36.8 Å². The minimum Gasteiger partial charge on any atom is -0.338 e. The second-order valence-corrected chi connectivity index (χ2v) is 10.9. The molecule has 1 amide bonds. The lowest BCUT2D eigenvalue weighted by Gasteiger charge is -2.35. The topological polar surface area (TPSA) is 54.5 Å². The molecule has 2 saturated heterocycles. The normalized spacial score (nSPS) is 29.6. The van der Waals surface area contributed by atoms with Crippen molar-refractivity contribution < 1.29 is 13.2 Å². The smallest absolute Gasteiger partial charge is 0.255 e. The highest BCUT2D eigenvalue weighted by molar-refractivity contribution is 8.02. The van der Waals surface area contributed by atoms with E-state index in [2.05, 4.69) is 13.8 Å². The van der Waals surface area contributed by atoms with Gasteiger partial charge in [-0.25, -0.2) is 8.42 Å². The van der Waals surface area contributed by atoms with Gasteiger partial charge in [0.1, 0.15) is 0 Å². The molecule has 2 aliphatic rings. The molecule has 0 aliphatic carbocycles. The summed E-state index contributed by atoms with van der Waals surface area (Å²) in [6.07, 6.45) is 1.84. The number of carbonyl (C=O) groups is 1. The van der Waals surface area contributed by atoms with Crippen molar-refractivity contribution in [2.75, 3.05) is 24.6 Å². The molecular weight excluding hydrogens is 342 g/mol. The van der Waals surface area contributed by atoms with E-state index in [1.807, 2.05) is 29.2 Å². The summed E-state index contributed by atoms with van der Waals surface area (Å²) in [6, 6.07) is 7.63. The van der Waals surface area contributed by atoms with Gasteiger partial charge in [0, 0.05) is 23.2 Å². The number of hydrogen-bond acceptors (Lipinski definition) is 4. The van der Waals surface area contributed by atoms with E-state index in [-0.39, 0.29) is 22.7 Å². The molecule has 1 aromatic rings. The van der Waals surface area contributed by atoms with Gasteiger partial charge >= 0.3 is 0 Å². The van der Waals surface area contributed by atoms with Gasteiger partial charge in [-0.3, -0.25) is 4.79 Å². The summed E-state index contributed by atoms with van der Waals surface area (Å²) in [5.41, 5.74) is 0.716.